The first-order chi connectivity index (χ1) is 11.1. The number of aromatic hydroxyl groups is 1. The monoisotopic (exact) mass is 439 g/mol. The van der Waals surface area contributed by atoms with Crippen molar-refractivity contribution in [2.45, 2.75) is 26.2 Å². The Bertz CT molecular complexity index is 809. The molecule has 0 aliphatic heterocycles. The molecular weight excluding hydrogens is 421 g/mol. The van der Waals surface area contributed by atoms with Crippen LogP contribution in [0.3, 0.4) is 0 Å². The quantitative estimate of drug-likeness (QED) is 0.625. The summed E-state index contributed by atoms with van der Waals surface area (Å²) in [4.78, 5) is 23.5. The summed E-state index contributed by atoms with van der Waals surface area (Å²) >= 11 is 1.96. The number of benzene rings is 2. The fraction of sp³-hybridized carbons (Fsp3) is 0.222. The first-order valence-electron chi connectivity index (χ1n) is 7.27. The van der Waals surface area contributed by atoms with E-state index in [1.54, 1.807) is 12.1 Å². The average molecular weight is 439 g/mol. The predicted molar refractivity (Wildman–Crippen MR) is 101 cm³/mol. The lowest BCUT2D eigenvalue weighted by Crippen LogP contribution is -2.16. The Labute approximate surface area is 153 Å². The van der Waals surface area contributed by atoms with Crippen LogP contribution >= 0.6 is 22.6 Å². The van der Waals surface area contributed by atoms with Crippen LogP contribution in [0.4, 0.5) is 5.69 Å². The summed E-state index contributed by atoms with van der Waals surface area (Å²) in [7, 11) is 0. The molecule has 24 heavy (non-hydrogen) atoms. The van der Waals surface area contributed by atoms with Gasteiger partial charge < -0.3 is 15.5 Å². The molecule has 0 aromatic heterocycles. The second kappa shape index (κ2) is 6.80. The number of amides is 1. The number of carbonyl (C=O) groups is 2. The minimum Gasteiger partial charge on any atom is -0.507 e. The Hall–Kier alpha value is -2.09. The summed E-state index contributed by atoms with van der Waals surface area (Å²) in [6.45, 7) is 6.07. The number of carboxylic acids is 1. The Morgan fingerprint density at radius 2 is 1.75 bits per heavy atom. The number of phenolic OH excluding ortho intramolecular Hbond substituents is 1. The van der Waals surface area contributed by atoms with Crippen molar-refractivity contribution in [1.29, 1.82) is 0 Å². The molecule has 0 saturated carbocycles. The SMILES string of the molecule is CC(C)(C)c1ccc(O)c(C(=O)Nc2ccc(C(=O)O)cc2I)c1. The van der Waals surface area contributed by atoms with Crippen LogP contribution in [0.2, 0.25) is 0 Å². The van der Waals surface area contributed by atoms with Crippen LogP contribution in [0.25, 0.3) is 0 Å². The largest absolute Gasteiger partial charge is 0.507 e. The number of phenols is 1. The van der Waals surface area contributed by atoms with Crippen molar-refractivity contribution in [3.05, 3.63) is 56.7 Å². The summed E-state index contributed by atoms with van der Waals surface area (Å²) in [5.41, 5.74) is 1.60. The molecule has 126 valence electrons. The molecule has 2 rings (SSSR count). The van der Waals surface area contributed by atoms with E-state index in [0.29, 0.717) is 9.26 Å². The topological polar surface area (TPSA) is 86.6 Å². The van der Waals surface area contributed by atoms with E-state index >= 15 is 0 Å². The van der Waals surface area contributed by atoms with Crippen molar-refractivity contribution in [2.75, 3.05) is 5.32 Å². The van der Waals surface area contributed by atoms with E-state index in [0.717, 1.165) is 5.56 Å². The van der Waals surface area contributed by atoms with Crippen molar-refractivity contribution < 1.29 is 19.8 Å². The highest BCUT2D eigenvalue weighted by Gasteiger charge is 2.19. The van der Waals surface area contributed by atoms with Crippen molar-refractivity contribution in [3.63, 3.8) is 0 Å². The van der Waals surface area contributed by atoms with Gasteiger partial charge in [-0.25, -0.2) is 4.79 Å². The molecule has 0 atom stereocenters. The Morgan fingerprint density at radius 1 is 1.08 bits per heavy atom. The lowest BCUT2D eigenvalue weighted by atomic mass is 9.86. The number of carbonyl (C=O) groups excluding carboxylic acids is 1. The van der Waals surface area contributed by atoms with E-state index in [4.69, 9.17) is 5.11 Å². The second-order valence-electron chi connectivity index (χ2n) is 6.44. The van der Waals surface area contributed by atoms with Crippen molar-refractivity contribution in [2.24, 2.45) is 0 Å². The second-order valence-corrected chi connectivity index (χ2v) is 7.60. The van der Waals surface area contributed by atoms with Crippen LogP contribution in [-0.2, 0) is 5.41 Å². The number of rotatable bonds is 3. The first kappa shape index (κ1) is 18.3. The fourth-order valence-corrected chi connectivity index (χ4v) is 2.77. The molecule has 6 heteroatoms. The van der Waals surface area contributed by atoms with Gasteiger partial charge in [0.2, 0.25) is 0 Å². The van der Waals surface area contributed by atoms with Crippen LogP contribution in [0.15, 0.2) is 36.4 Å². The van der Waals surface area contributed by atoms with E-state index in [9.17, 15) is 14.7 Å². The third-order valence-corrected chi connectivity index (χ3v) is 4.46. The third-order valence-electron chi connectivity index (χ3n) is 3.57. The zero-order chi connectivity index (χ0) is 18.1. The smallest absolute Gasteiger partial charge is 0.335 e. The molecule has 0 fully saturated rings. The maximum absolute atomic E-state index is 12.5. The fourth-order valence-electron chi connectivity index (χ4n) is 2.12. The standard InChI is InChI=1S/C18H18INO4/c1-18(2,3)11-5-7-15(21)12(9-11)16(22)20-14-6-4-10(17(23)24)8-13(14)19/h4-9,21H,1-3H3,(H,20,22)(H,23,24). The number of hydrogen-bond acceptors (Lipinski definition) is 3. The first-order valence-corrected chi connectivity index (χ1v) is 8.35. The average Bonchev–Trinajstić information content (AvgIpc) is 2.48. The molecule has 0 aliphatic carbocycles. The van der Waals surface area contributed by atoms with Crippen molar-refractivity contribution in [1.82, 2.24) is 0 Å². The molecule has 0 bridgehead atoms. The van der Waals surface area contributed by atoms with E-state index in [1.807, 2.05) is 43.4 Å². The van der Waals surface area contributed by atoms with Crippen LogP contribution in [0, 0.1) is 3.57 Å². The maximum Gasteiger partial charge on any atom is 0.335 e. The predicted octanol–water partition coefficient (Wildman–Crippen LogP) is 4.24. The molecule has 0 spiro atoms. The summed E-state index contributed by atoms with van der Waals surface area (Å²) < 4.78 is 0.604. The highest BCUT2D eigenvalue weighted by Crippen LogP contribution is 2.28. The van der Waals surface area contributed by atoms with Gasteiger partial charge in [-0.3, -0.25) is 4.79 Å². The summed E-state index contributed by atoms with van der Waals surface area (Å²) in [5, 5.41) is 21.7. The van der Waals surface area contributed by atoms with Gasteiger partial charge in [0.05, 0.1) is 16.8 Å². The normalized spacial score (nSPS) is 11.2. The number of nitrogens with one attached hydrogen (secondary N) is 1. The number of carboxylic acid groups (broad SMARTS) is 1. The van der Waals surface area contributed by atoms with Crippen LogP contribution in [0.5, 0.6) is 5.75 Å². The minimum absolute atomic E-state index is 0.0994. The molecule has 0 aliphatic rings. The van der Waals surface area contributed by atoms with E-state index < -0.39 is 11.9 Å². The Balaban J connectivity index is 2.32. The molecule has 2 aromatic carbocycles. The number of aromatic carboxylic acids is 1. The zero-order valence-corrected chi connectivity index (χ0v) is 15.7. The number of halogens is 1. The van der Waals surface area contributed by atoms with Gasteiger partial charge in [0, 0.05) is 3.57 Å². The molecule has 5 nitrogen and oxygen atoms in total. The van der Waals surface area contributed by atoms with Gasteiger partial charge in [-0.05, 0) is 63.9 Å². The van der Waals surface area contributed by atoms with Gasteiger partial charge in [0.15, 0.2) is 0 Å². The lowest BCUT2D eigenvalue weighted by Gasteiger charge is -2.20. The van der Waals surface area contributed by atoms with Crippen molar-refractivity contribution in [3.8, 4) is 5.75 Å². The van der Waals surface area contributed by atoms with E-state index in [-0.39, 0.29) is 22.3 Å². The molecular formula is C18H18INO4. The molecule has 0 saturated heterocycles. The van der Waals surface area contributed by atoms with Crippen LogP contribution in [0.1, 0.15) is 47.1 Å². The summed E-state index contributed by atoms with van der Waals surface area (Å²) in [6.07, 6.45) is 0. The number of hydrogen-bond donors (Lipinski definition) is 3. The molecule has 2 aromatic rings. The molecule has 0 unspecified atom stereocenters. The summed E-state index contributed by atoms with van der Waals surface area (Å²) in [6, 6.07) is 9.40. The molecule has 0 heterocycles. The van der Waals surface area contributed by atoms with E-state index in [1.165, 1.54) is 24.3 Å². The van der Waals surface area contributed by atoms with Crippen LogP contribution in [-0.4, -0.2) is 22.1 Å². The minimum atomic E-state index is -1.03. The molecule has 1 amide bonds. The maximum atomic E-state index is 12.5. The molecule has 0 radical (unpaired) electrons. The van der Waals surface area contributed by atoms with Crippen molar-refractivity contribution >= 4 is 40.2 Å². The third kappa shape index (κ3) is 4.05. The van der Waals surface area contributed by atoms with Gasteiger partial charge in [0.25, 0.3) is 5.91 Å². The highest BCUT2D eigenvalue weighted by molar-refractivity contribution is 14.1. The Kier molecular flexibility index (Phi) is 5.17. The summed E-state index contributed by atoms with van der Waals surface area (Å²) in [5.74, 6) is -1.57. The Morgan fingerprint density at radius 3 is 2.29 bits per heavy atom. The molecule has 3 N–H and O–H groups in total. The van der Waals surface area contributed by atoms with Gasteiger partial charge >= 0.3 is 5.97 Å². The van der Waals surface area contributed by atoms with Crippen LogP contribution < -0.4 is 5.32 Å². The van der Waals surface area contributed by atoms with Gasteiger partial charge in [-0.15, -0.1) is 0 Å². The van der Waals surface area contributed by atoms with Gasteiger partial charge in [-0.1, -0.05) is 26.8 Å². The van der Waals surface area contributed by atoms with Gasteiger partial charge in [0.1, 0.15) is 5.75 Å². The van der Waals surface area contributed by atoms with E-state index in [2.05, 4.69) is 5.32 Å². The highest BCUT2D eigenvalue weighted by atomic mass is 127. The zero-order valence-electron chi connectivity index (χ0n) is 13.6. The van der Waals surface area contributed by atoms with Gasteiger partial charge in [-0.2, -0.15) is 0 Å². The number of anilines is 1. The lowest BCUT2D eigenvalue weighted by molar-refractivity contribution is 0.0696.